The van der Waals surface area contributed by atoms with E-state index in [2.05, 4.69) is 11.9 Å². The third-order valence-corrected chi connectivity index (χ3v) is 3.99. The summed E-state index contributed by atoms with van der Waals surface area (Å²) in [7, 11) is 2.27. The molecule has 2 heteroatoms. The van der Waals surface area contributed by atoms with Crippen LogP contribution in [0.1, 0.15) is 38.5 Å². The van der Waals surface area contributed by atoms with Gasteiger partial charge >= 0.3 is 0 Å². The van der Waals surface area contributed by atoms with Crippen molar-refractivity contribution in [2.24, 2.45) is 17.6 Å². The Morgan fingerprint density at radius 2 is 1.86 bits per heavy atom. The number of nitrogens with two attached hydrogens (primary N) is 1. The van der Waals surface area contributed by atoms with E-state index in [4.69, 9.17) is 5.73 Å². The monoisotopic (exact) mass is 196 g/mol. The van der Waals surface area contributed by atoms with Crippen LogP contribution in [0.3, 0.4) is 0 Å². The summed E-state index contributed by atoms with van der Waals surface area (Å²) < 4.78 is 0. The second-order valence-electron chi connectivity index (χ2n) is 5.23. The van der Waals surface area contributed by atoms with Gasteiger partial charge in [-0.1, -0.05) is 12.8 Å². The van der Waals surface area contributed by atoms with E-state index in [1.165, 1.54) is 45.1 Å². The molecule has 1 atom stereocenters. The van der Waals surface area contributed by atoms with Gasteiger partial charge in [-0.25, -0.2) is 0 Å². The topological polar surface area (TPSA) is 29.3 Å². The SMILES string of the molecule is CN(CC1CCCC1)C(CN)C1CC1. The molecule has 0 spiro atoms. The molecule has 0 aromatic heterocycles. The Balaban J connectivity index is 1.76. The van der Waals surface area contributed by atoms with E-state index >= 15 is 0 Å². The fourth-order valence-corrected chi connectivity index (χ4v) is 2.95. The first kappa shape index (κ1) is 10.4. The highest BCUT2D eigenvalue weighted by atomic mass is 15.1. The predicted molar refractivity (Wildman–Crippen MR) is 60.2 cm³/mol. The van der Waals surface area contributed by atoms with Crippen LogP contribution in [0.5, 0.6) is 0 Å². The fraction of sp³-hybridized carbons (Fsp3) is 1.00. The summed E-state index contributed by atoms with van der Waals surface area (Å²) in [6.45, 7) is 2.15. The summed E-state index contributed by atoms with van der Waals surface area (Å²) in [6.07, 6.45) is 8.64. The third kappa shape index (κ3) is 2.48. The summed E-state index contributed by atoms with van der Waals surface area (Å²) in [5.41, 5.74) is 5.85. The Kier molecular flexibility index (Phi) is 3.45. The fourth-order valence-electron chi connectivity index (χ4n) is 2.95. The molecule has 1 unspecified atom stereocenters. The lowest BCUT2D eigenvalue weighted by Gasteiger charge is -2.29. The Bertz CT molecular complexity index is 171. The minimum atomic E-state index is 0.676. The van der Waals surface area contributed by atoms with Crippen LogP contribution >= 0.6 is 0 Å². The Labute approximate surface area is 87.8 Å². The molecule has 0 bridgehead atoms. The maximum atomic E-state index is 5.85. The van der Waals surface area contributed by atoms with Crippen LogP contribution in [0, 0.1) is 11.8 Å². The van der Waals surface area contributed by atoms with Gasteiger partial charge in [0.15, 0.2) is 0 Å². The molecule has 2 saturated carbocycles. The maximum absolute atomic E-state index is 5.85. The summed E-state index contributed by atoms with van der Waals surface area (Å²) in [4.78, 5) is 2.54. The third-order valence-electron chi connectivity index (χ3n) is 3.99. The van der Waals surface area contributed by atoms with E-state index < -0.39 is 0 Å². The smallest absolute Gasteiger partial charge is 0.0243 e. The first-order chi connectivity index (χ1) is 6.81. The second-order valence-corrected chi connectivity index (χ2v) is 5.23. The van der Waals surface area contributed by atoms with Crippen LogP contribution in [0.2, 0.25) is 0 Å². The van der Waals surface area contributed by atoms with Crippen LogP contribution in [-0.2, 0) is 0 Å². The maximum Gasteiger partial charge on any atom is 0.0243 e. The minimum absolute atomic E-state index is 0.676. The lowest BCUT2D eigenvalue weighted by atomic mass is 10.1. The van der Waals surface area contributed by atoms with E-state index in [1.807, 2.05) is 0 Å². The summed E-state index contributed by atoms with van der Waals surface area (Å²) in [6, 6.07) is 0.676. The molecule has 0 heterocycles. The molecule has 82 valence electrons. The standard InChI is InChI=1S/C12H24N2/c1-14(9-10-4-2-3-5-10)12(8-13)11-6-7-11/h10-12H,2-9,13H2,1H3. The first-order valence-electron chi connectivity index (χ1n) is 6.21. The van der Waals surface area contributed by atoms with E-state index in [0.29, 0.717) is 6.04 Å². The number of hydrogen-bond donors (Lipinski definition) is 1. The zero-order valence-corrected chi connectivity index (χ0v) is 9.41. The summed E-state index contributed by atoms with van der Waals surface area (Å²) in [5, 5.41) is 0. The van der Waals surface area contributed by atoms with Crippen molar-refractivity contribution in [1.82, 2.24) is 4.90 Å². The minimum Gasteiger partial charge on any atom is -0.329 e. The molecule has 0 amide bonds. The normalized spacial score (nSPS) is 25.9. The summed E-state index contributed by atoms with van der Waals surface area (Å²) >= 11 is 0. The Morgan fingerprint density at radius 1 is 1.21 bits per heavy atom. The quantitative estimate of drug-likeness (QED) is 0.727. The Hall–Kier alpha value is -0.0800. The zero-order chi connectivity index (χ0) is 9.97. The van der Waals surface area contributed by atoms with Crippen molar-refractivity contribution in [3.05, 3.63) is 0 Å². The number of rotatable bonds is 5. The molecule has 2 nitrogen and oxygen atoms in total. The Morgan fingerprint density at radius 3 is 2.36 bits per heavy atom. The van der Waals surface area contributed by atoms with Gasteiger partial charge in [-0.2, -0.15) is 0 Å². The molecule has 2 aliphatic carbocycles. The molecule has 0 aromatic carbocycles. The number of nitrogens with zero attached hydrogens (tertiary/aromatic N) is 1. The average molecular weight is 196 g/mol. The van der Waals surface area contributed by atoms with Gasteiger partial charge in [0, 0.05) is 19.1 Å². The molecule has 14 heavy (non-hydrogen) atoms. The van der Waals surface area contributed by atoms with E-state index in [-0.39, 0.29) is 0 Å². The average Bonchev–Trinajstić information content (AvgIpc) is 2.86. The first-order valence-corrected chi connectivity index (χ1v) is 6.21. The van der Waals surface area contributed by atoms with Gasteiger partial charge in [-0.05, 0) is 44.6 Å². The van der Waals surface area contributed by atoms with Gasteiger partial charge in [-0.15, -0.1) is 0 Å². The predicted octanol–water partition coefficient (Wildman–Crippen LogP) is 1.85. The molecule has 2 aliphatic rings. The molecule has 2 rings (SSSR count). The van der Waals surface area contributed by atoms with Crippen LogP contribution in [0.15, 0.2) is 0 Å². The van der Waals surface area contributed by atoms with Crippen molar-refractivity contribution in [3.8, 4) is 0 Å². The van der Waals surface area contributed by atoms with Gasteiger partial charge < -0.3 is 10.6 Å². The largest absolute Gasteiger partial charge is 0.329 e. The van der Waals surface area contributed by atoms with E-state index in [0.717, 1.165) is 18.4 Å². The molecule has 2 N–H and O–H groups in total. The number of likely N-dealkylation sites (N-methyl/N-ethyl adjacent to an activating group) is 1. The van der Waals surface area contributed by atoms with E-state index in [1.54, 1.807) is 0 Å². The van der Waals surface area contributed by atoms with Gasteiger partial charge in [0.25, 0.3) is 0 Å². The molecule has 0 aromatic rings. The van der Waals surface area contributed by atoms with Crippen molar-refractivity contribution < 1.29 is 0 Å². The van der Waals surface area contributed by atoms with Crippen LogP contribution in [0.4, 0.5) is 0 Å². The molecule has 0 aliphatic heterocycles. The molecule has 0 saturated heterocycles. The molecular formula is C12H24N2. The van der Waals surface area contributed by atoms with Gasteiger partial charge in [0.1, 0.15) is 0 Å². The van der Waals surface area contributed by atoms with Gasteiger partial charge in [-0.3, -0.25) is 0 Å². The highest BCUT2D eigenvalue weighted by molar-refractivity contribution is 4.88. The number of hydrogen-bond acceptors (Lipinski definition) is 2. The molecular weight excluding hydrogens is 172 g/mol. The molecule has 2 fully saturated rings. The van der Waals surface area contributed by atoms with Gasteiger partial charge in [0.2, 0.25) is 0 Å². The van der Waals surface area contributed by atoms with Crippen molar-refractivity contribution in [1.29, 1.82) is 0 Å². The van der Waals surface area contributed by atoms with Gasteiger partial charge in [0.05, 0.1) is 0 Å². The second kappa shape index (κ2) is 4.63. The van der Waals surface area contributed by atoms with E-state index in [9.17, 15) is 0 Å². The zero-order valence-electron chi connectivity index (χ0n) is 9.41. The highest BCUT2D eigenvalue weighted by Gasteiger charge is 2.33. The van der Waals surface area contributed by atoms with Crippen molar-refractivity contribution >= 4 is 0 Å². The van der Waals surface area contributed by atoms with Crippen molar-refractivity contribution in [3.63, 3.8) is 0 Å². The van der Waals surface area contributed by atoms with Crippen LogP contribution in [-0.4, -0.2) is 31.1 Å². The lowest BCUT2D eigenvalue weighted by molar-refractivity contribution is 0.192. The molecule has 0 radical (unpaired) electrons. The van der Waals surface area contributed by atoms with Crippen molar-refractivity contribution in [2.45, 2.75) is 44.6 Å². The van der Waals surface area contributed by atoms with Crippen LogP contribution < -0.4 is 5.73 Å². The highest BCUT2D eigenvalue weighted by Crippen LogP contribution is 2.35. The van der Waals surface area contributed by atoms with Crippen LogP contribution in [0.25, 0.3) is 0 Å². The van der Waals surface area contributed by atoms with Crippen molar-refractivity contribution in [2.75, 3.05) is 20.1 Å². The lowest BCUT2D eigenvalue weighted by Crippen LogP contribution is -2.41. The summed E-state index contributed by atoms with van der Waals surface area (Å²) in [5.74, 6) is 1.89.